The zero-order valence-electron chi connectivity index (χ0n) is 9.43. The molecule has 0 amide bonds. The van der Waals surface area contributed by atoms with Crippen molar-refractivity contribution >= 4 is 0 Å². The van der Waals surface area contributed by atoms with Crippen LogP contribution in [0.5, 0.6) is 0 Å². The molecule has 0 aromatic heterocycles. The molecule has 0 radical (unpaired) electrons. The van der Waals surface area contributed by atoms with Crippen LogP contribution in [-0.4, -0.2) is 6.54 Å². The van der Waals surface area contributed by atoms with Gasteiger partial charge in [0.2, 0.25) is 0 Å². The number of benzene rings is 1. The lowest BCUT2D eigenvalue weighted by molar-refractivity contribution is -0.138. The zero-order valence-corrected chi connectivity index (χ0v) is 9.43. The summed E-state index contributed by atoms with van der Waals surface area (Å²) in [6.07, 6.45) is -3.58. The number of hydrogen-bond acceptors (Lipinski definition) is 1. The summed E-state index contributed by atoms with van der Waals surface area (Å²) in [5, 5.41) is 0. The molecule has 1 unspecified atom stereocenters. The first kappa shape index (κ1) is 13.0. The predicted octanol–water partition coefficient (Wildman–Crippen LogP) is 3.47. The van der Waals surface area contributed by atoms with Crippen LogP contribution in [-0.2, 0) is 6.18 Å². The van der Waals surface area contributed by atoms with E-state index in [1.165, 1.54) is 19.1 Å². The highest BCUT2D eigenvalue weighted by Crippen LogP contribution is 2.34. The van der Waals surface area contributed by atoms with Gasteiger partial charge in [-0.3, -0.25) is 0 Å². The SMILES string of the molecule is Cc1ccc(C(C)CCN)cc1C(F)(F)F. The Hall–Kier alpha value is -1.03. The third-order valence-corrected chi connectivity index (χ3v) is 2.74. The van der Waals surface area contributed by atoms with E-state index < -0.39 is 11.7 Å². The molecular weight excluding hydrogens is 215 g/mol. The molecule has 0 aliphatic rings. The van der Waals surface area contributed by atoms with Crippen LogP contribution in [0.3, 0.4) is 0 Å². The van der Waals surface area contributed by atoms with E-state index in [4.69, 9.17) is 5.73 Å². The Labute approximate surface area is 93.5 Å². The molecule has 16 heavy (non-hydrogen) atoms. The van der Waals surface area contributed by atoms with Crippen molar-refractivity contribution in [3.8, 4) is 0 Å². The van der Waals surface area contributed by atoms with Crippen LogP contribution < -0.4 is 5.73 Å². The van der Waals surface area contributed by atoms with Gasteiger partial charge in [0.05, 0.1) is 5.56 Å². The normalized spacial score (nSPS) is 13.9. The minimum absolute atomic E-state index is 0.0618. The van der Waals surface area contributed by atoms with Gasteiger partial charge in [-0.05, 0) is 43.0 Å². The summed E-state index contributed by atoms with van der Waals surface area (Å²) < 4.78 is 38.0. The standard InChI is InChI=1S/C12H16F3N/c1-8(5-6-16)10-4-3-9(2)11(7-10)12(13,14)15/h3-4,7-8H,5-6,16H2,1-2H3. The summed E-state index contributed by atoms with van der Waals surface area (Å²) in [5.74, 6) is 0.0618. The molecule has 1 nitrogen and oxygen atoms in total. The van der Waals surface area contributed by atoms with E-state index in [1.54, 1.807) is 6.07 Å². The third kappa shape index (κ3) is 2.98. The molecule has 0 spiro atoms. The second-order valence-electron chi connectivity index (χ2n) is 4.05. The number of alkyl halides is 3. The molecule has 0 saturated carbocycles. The van der Waals surface area contributed by atoms with Gasteiger partial charge in [-0.25, -0.2) is 0 Å². The second-order valence-corrected chi connectivity index (χ2v) is 4.05. The Kier molecular flexibility index (Phi) is 3.97. The van der Waals surface area contributed by atoms with Crippen LogP contribution in [0, 0.1) is 6.92 Å². The Morgan fingerprint density at radius 1 is 1.31 bits per heavy atom. The highest BCUT2D eigenvalue weighted by atomic mass is 19.4. The van der Waals surface area contributed by atoms with E-state index in [-0.39, 0.29) is 11.5 Å². The highest BCUT2D eigenvalue weighted by Gasteiger charge is 2.32. The van der Waals surface area contributed by atoms with E-state index in [1.807, 2.05) is 6.92 Å². The first-order valence-electron chi connectivity index (χ1n) is 5.24. The maximum absolute atomic E-state index is 12.7. The molecule has 0 heterocycles. The van der Waals surface area contributed by atoms with E-state index >= 15 is 0 Å². The summed E-state index contributed by atoms with van der Waals surface area (Å²) in [5.41, 5.74) is 5.81. The molecule has 1 atom stereocenters. The fraction of sp³-hybridized carbons (Fsp3) is 0.500. The van der Waals surface area contributed by atoms with E-state index in [0.29, 0.717) is 18.5 Å². The molecular formula is C12H16F3N. The summed E-state index contributed by atoms with van der Waals surface area (Å²) >= 11 is 0. The molecule has 1 aromatic carbocycles. The van der Waals surface area contributed by atoms with Gasteiger partial charge in [0.15, 0.2) is 0 Å². The van der Waals surface area contributed by atoms with Gasteiger partial charge >= 0.3 is 6.18 Å². The lowest BCUT2D eigenvalue weighted by Crippen LogP contribution is -2.10. The average molecular weight is 231 g/mol. The fourth-order valence-corrected chi connectivity index (χ4v) is 1.67. The maximum Gasteiger partial charge on any atom is 0.416 e. The molecule has 90 valence electrons. The molecule has 4 heteroatoms. The molecule has 0 aliphatic carbocycles. The number of rotatable bonds is 3. The highest BCUT2D eigenvalue weighted by molar-refractivity contribution is 5.34. The topological polar surface area (TPSA) is 26.0 Å². The largest absolute Gasteiger partial charge is 0.416 e. The molecule has 0 aliphatic heterocycles. The Balaban J connectivity index is 3.07. The quantitative estimate of drug-likeness (QED) is 0.847. The zero-order chi connectivity index (χ0) is 12.3. The Morgan fingerprint density at radius 3 is 2.44 bits per heavy atom. The van der Waals surface area contributed by atoms with Crippen LogP contribution in [0.15, 0.2) is 18.2 Å². The first-order chi connectivity index (χ1) is 7.36. The predicted molar refractivity (Wildman–Crippen MR) is 58.3 cm³/mol. The van der Waals surface area contributed by atoms with E-state index in [9.17, 15) is 13.2 Å². The summed E-state index contributed by atoms with van der Waals surface area (Å²) in [4.78, 5) is 0. The van der Waals surface area contributed by atoms with Gasteiger partial charge in [-0.1, -0.05) is 19.1 Å². The van der Waals surface area contributed by atoms with Gasteiger partial charge < -0.3 is 5.73 Å². The van der Waals surface area contributed by atoms with Gasteiger partial charge in [-0.2, -0.15) is 13.2 Å². The van der Waals surface area contributed by atoms with E-state index in [0.717, 1.165) is 0 Å². The van der Waals surface area contributed by atoms with Gasteiger partial charge in [0, 0.05) is 0 Å². The number of aryl methyl sites for hydroxylation is 1. The lowest BCUT2D eigenvalue weighted by atomic mass is 9.94. The fourth-order valence-electron chi connectivity index (χ4n) is 1.67. The van der Waals surface area contributed by atoms with Crippen molar-refractivity contribution in [1.29, 1.82) is 0 Å². The van der Waals surface area contributed by atoms with Crippen molar-refractivity contribution < 1.29 is 13.2 Å². The Bertz CT molecular complexity index is 358. The molecule has 0 fully saturated rings. The summed E-state index contributed by atoms with van der Waals surface area (Å²) in [6.45, 7) is 3.84. The first-order valence-corrected chi connectivity index (χ1v) is 5.24. The summed E-state index contributed by atoms with van der Waals surface area (Å²) in [6, 6.07) is 4.49. The molecule has 0 bridgehead atoms. The van der Waals surface area contributed by atoms with Gasteiger partial charge in [0.25, 0.3) is 0 Å². The van der Waals surface area contributed by atoms with Crippen molar-refractivity contribution in [1.82, 2.24) is 0 Å². The number of halogens is 3. The van der Waals surface area contributed by atoms with Gasteiger partial charge in [-0.15, -0.1) is 0 Å². The van der Waals surface area contributed by atoms with Crippen LogP contribution >= 0.6 is 0 Å². The summed E-state index contributed by atoms with van der Waals surface area (Å²) in [7, 11) is 0. The minimum atomic E-state index is -4.28. The van der Waals surface area contributed by atoms with Crippen molar-refractivity contribution in [2.75, 3.05) is 6.54 Å². The molecule has 1 rings (SSSR count). The van der Waals surface area contributed by atoms with Crippen LogP contribution in [0.4, 0.5) is 13.2 Å². The van der Waals surface area contributed by atoms with Crippen molar-refractivity contribution in [2.24, 2.45) is 5.73 Å². The van der Waals surface area contributed by atoms with Crippen molar-refractivity contribution in [3.05, 3.63) is 34.9 Å². The van der Waals surface area contributed by atoms with Crippen molar-refractivity contribution in [3.63, 3.8) is 0 Å². The average Bonchev–Trinajstić information content (AvgIpc) is 2.16. The monoisotopic (exact) mass is 231 g/mol. The second kappa shape index (κ2) is 4.87. The van der Waals surface area contributed by atoms with Crippen LogP contribution in [0.2, 0.25) is 0 Å². The van der Waals surface area contributed by atoms with E-state index in [2.05, 4.69) is 0 Å². The number of hydrogen-bond donors (Lipinski definition) is 1. The smallest absolute Gasteiger partial charge is 0.330 e. The molecule has 2 N–H and O–H groups in total. The minimum Gasteiger partial charge on any atom is -0.330 e. The number of nitrogens with two attached hydrogens (primary N) is 1. The Morgan fingerprint density at radius 2 is 1.94 bits per heavy atom. The molecule has 0 saturated heterocycles. The van der Waals surface area contributed by atoms with Crippen LogP contribution in [0.1, 0.15) is 36.0 Å². The van der Waals surface area contributed by atoms with Gasteiger partial charge in [0.1, 0.15) is 0 Å². The third-order valence-electron chi connectivity index (χ3n) is 2.74. The van der Waals surface area contributed by atoms with Crippen LogP contribution in [0.25, 0.3) is 0 Å². The van der Waals surface area contributed by atoms with Crippen molar-refractivity contribution in [2.45, 2.75) is 32.4 Å². The maximum atomic E-state index is 12.7. The molecule has 1 aromatic rings. The lowest BCUT2D eigenvalue weighted by Gasteiger charge is -2.15.